The molecule has 8 heteroatoms. The molecule has 2 rings (SSSR count). The van der Waals surface area contributed by atoms with Gasteiger partial charge in [-0.2, -0.15) is 13.2 Å². The number of benzene rings is 1. The Morgan fingerprint density at radius 2 is 2.04 bits per heavy atom. The van der Waals surface area contributed by atoms with Crippen molar-refractivity contribution in [2.24, 2.45) is 5.92 Å². The number of carbonyl (C=O) groups excluding carboxylic acids is 1. The van der Waals surface area contributed by atoms with Crippen molar-refractivity contribution >= 4 is 29.6 Å². The highest BCUT2D eigenvalue weighted by Gasteiger charge is 2.33. The van der Waals surface area contributed by atoms with Gasteiger partial charge in [0.15, 0.2) is 0 Å². The van der Waals surface area contributed by atoms with Gasteiger partial charge in [0.2, 0.25) is 5.91 Å². The normalized spacial score (nSPS) is 18.6. The number of aliphatic carboxylic acids is 1. The van der Waals surface area contributed by atoms with Crippen molar-refractivity contribution in [3.05, 3.63) is 40.4 Å². The number of alkyl halides is 3. The molecule has 0 aliphatic carbocycles. The van der Waals surface area contributed by atoms with Crippen LogP contribution in [0.3, 0.4) is 0 Å². The van der Waals surface area contributed by atoms with Crippen LogP contribution < -0.4 is 0 Å². The summed E-state index contributed by atoms with van der Waals surface area (Å²) in [5.41, 5.74) is -0.787. The second kappa shape index (κ2) is 6.62. The summed E-state index contributed by atoms with van der Waals surface area (Å²) in [7, 11) is 0. The van der Waals surface area contributed by atoms with Gasteiger partial charge in [-0.05, 0) is 30.2 Å². The summed E-state index contributed by atoms with van der Waals surface area (Å²) in [5, 5.41) is 8.47. The van der Waals surface area contributed by atoms with Gasteiger partial charge in [-0.3, -0.25) is 9.59 Å². The quantitative estimate of drug-likeness (QED) is 0.853. The standard InChI is InChI=1S/C15H13ClF3NO3/c16-12-3-1-9(7-11(12)15(17,18)19)2-4-13(21)20-6-5-10(8-20)14(22)23/h1-4,7,10H,5-6,8H2,(H,22,23)/b4-2+. The summed E-state index contributed by atoms with van der Waals surface area (Å²) >= 11 is 5.52. The maximum absolute atomic E-state index is 12.8. The van der Waals surface area contributed by atoms with Gasteiger partial charge in [0.1, 0.15) is 0 Å². The fourth-order valence-corrected chi connectivity index (χ4v) is 2.52. The van der Waals surface area contributed by atoms with Crippen LogP contribution in [0.1, 0.15) is 17.5 Å². The molecule has 0 bridgehead atoms. The molecule has 23 heavy (non-hydrogen) atoms. The van der Waals surface area contributed by atoms with Gasteiger partial charge in [0, 0.05) is 19.2 Å². The second-order valence-electron chi connectivity index (χ2n) is 5.18. The molecule has 1 aliphatic heterocycles. The third kappa shape index (κ3) is 4.25. The summed E-state index contributed by atoms with van der Waals surface area (Å²) in [5.74, 6) is -1.99. The van der Waals surface area contributed by atoms with E-state index in [2.05, 4.69) is 0 Å². The van der Waals surface area contributed by atoms with Crippen LogP contribution in [-0.2, 0) is 15.8 Å². The van der Waals surface area contributed by atoms with Crippen LogP contribution in [-0.4, -0.2) is 35.0 Å². The Morgan fingerprint density at radius 3 is 2.61 bits per heavy atom. The molecular formula is C15H13ClF3NO3. The number of carboxylic acid groups (broad SMARTS) is 1. The van der Waals surface area contributed by atoms with E-state index in [1.54, 1.807) is 0 Å². The van der Waals surface area contributed by atoms with E-state index in [0.29, 0.717) is 13.0 Å². The first-order chi connectivity index (χ1) is 10.7. The Hall–Kier alpha value is -2.02. The van der Waals surface area contributed by atoms with Crippen molar-refractivity contribution in [2.75, 3.05) is 13.1 Å². The van der Waals surface area contributed by atoms with Gasteiger partial charge >= 0.3 is 12.1 Å². The van der Waals surface area contributed by atoms with E-state index >= 15 is 0 Å². The Labute approximate surface area is 135 Å². The maximum Gasteiger partial charge on any atom is 0.417 e. The SMILES string of the molecule is O=C(O)C1CCN(C(=O)/C=C/c2ccc(Cl)c(C(F)(F)F)c2)C1. The zero-order valence-corrected chi connectivity index (χ0v) is 12.6. The lowest BCUT2D eigenvalue weighted by Crippen LogP contribution is -2.28. The number of rotatable bonds is 3. The number of halogens is 4. The van der Waals surface area contributed by atoms with Crippen LogP contribution >= 0.6 is 11.6 Å². The van der Waals surface area contributed by atoms with Crippen LogP contribution in [0.4, 0.5) is 13.2 Å². The third-order valence-corrected chi connectivity index (χ3v) is 3.89. The first kappa shape index (κ1) is 17.3. The summed E-state index contributed by atoms with van der Waals surface area (Å²) < 4.78 is 38.3. The molecule has 0 radical (unpaired) electrons. The highest BCUT2D eigenvalue weighted by atomic mass is 35.5. The first-order valence-electron chi connectivity index (χ1n) is 6.75. The Morgan fingerprint density at radius 1 is 1.35 bits per heavy atom. The van der Waals surface area contributed by atoms with E-state index in [9.17, 15) is 22.8 Å². The van der Waals surface area contributed by atoms with E-state index < -0.39 is 34.6 Å². The van der Waals surface area contributed by atoms with Gasteiger partial charge in [0.25, 0.3) is 0 Å². The smallest absolute Gasteiger partial charge is 0.417 e. The fraction of sp³-hybridized carbons (Fsp3) is 0.333. The van der Waals surface area contributed by atoms with Crippen LogP contribution in [0.5, 0.6) is 0 Å². The second-order valence-corrected chi connectivity index (χ2v) is 5.59. The van der Waals surface area contributed by atoms with Crippen molar-refractivity contribution in [3.63, 3.8) is 0 Å². The van der Waals surface area contributed by atoms with E-state index in [1.165, 1.54) is 17.0 Å². The molecule has 1 saturated heterocycles. The van der Waals surface area contributed by atoms with Gasteiger partial charge in [-0.25, -0.2) is 0 Å². The molecule has 124 valence electrons. The molecule has 4 nitrogen and oxygen atoms in total. The zero-order valence-electron chi connectivity index (χ0n) is 11.8. The highest BCUT2D eigenvalue weighted by Crippen LogP contribution is 2.35. The number of carboxylic acids is 1. The number of amides is 1. The Balaban J connectivity index is 2.09. The molecule has 0 spiro atoms. The monoisotopic (exact) mass is 347 g/mol. The summed E-state index contributed by atoms with van der Waals surface area (Å²) in [6.07, 6.45) is -1.82. The minimum atomic E-state index is -4.57. The van der Waals surface area contributed by atoms with Crippen molar-refractivity contribution in [1.82, 2.24) is 4.90 Å². The van der Waals surface area contributed by atoms with E-state index in [4.69, 9.17) is 16.7 Å². The molecule has 1 aromatic carbocycles. The van der Waals surface area contributed by atoms with Crippen LogP contribution in [0.15, 0.2) is 24.3 Å². The lowest BCUT2D eigenvalue weighted by atomic mass is 10.1. The number of carbonyl (C=O) groups is 2. The lowest BCUT2D eigenvalue weighted by Gasteiger charge is -2.13. The molecule has 0 aromatic heterocycles. The van der Waals surface area contributed by atoms with Crippen LogP contribution in [0.2, 0.25) is 5.02 Å². The number of hydrogen-bond donors (Lipinski definition) is 1. The maximum atomic E-state index is 12.8. The highest BCUT2D eigenvalue weighted by molar-refractivity contribution is 6.31. The molecule has 1 N–H and O–H groups in total. The molecule has 1 fully saturated rings. The molecule has 1 aromatic rings. The van der Waals surface area contributed by atoms with Gasteiger partial charge in [-0.15, -0.1) is 0 Å². The van der Waals surface area contributed by atoms with Crippen molar-refractivity contribution < 1.29 is 27.9 Å². The lowest BCUT2D eigenvalue weighted by molar-refractivity contribution is -0.141. The topological polar surface area (TPSA) is 57.6 Å². The zero-order chi connectivity index (χ0) is 17.2. The average molecular weight is 348 g/mol. The van der Waals surface area contributed by atoms with Gasteiger partial charge in [-0.1, -0.05) is 17.7 Å². The predicted molar refractivity (Wildman–Crippen MR) is 77.8 cm³/mol. The molecule has 1 amide bonds. The molecule has 1 aliphatic rings. The molecular weight excluding hydrogens is 335 g/mol. The van der Waals surface area contributed by atoms with Crippen molar-refractivity contribution in [1.29, 1.82) is 0 Å². The Kier molecular flexibility index (Phi) is 4.99. The third-order valence-electron chi connectivity index (χ3n) is 3.56. The van der Waals surface area contributed by atoms with Gasteiger partial charge in [0.05, 0.1) is 16.5 Å². The number of nitrogens with zero attached hydrogens (tertiary/aromatic N) is 1. The van der Waals surface area contributed by atoms with E-state index in [-0.39, 0.29) is 12.1 Å². The van der Waals surface area contributed by atoms with E-state index in [0.717, 1.165) is 18.2 Å². The molecule has 1 atom stereocenters. The number of hydrogen-bond acceptors (Lipinski definition) is 2. The predicted octanol–water partition coefficient (Wildman–Crippen LogP) is 3.31. The fourth-order valence-electron chi connectivity index (χ4n) is 2.30. The van der Waals surface area contributed by atoms with Crippen LogP contribution in [0, 0.1) is 5.92 Å². The summed E-state index contributed by atoms with van der Waals surface area (Å²) in [4.78, 5) is 24.1. The van der Waals surface area contributed by atoms with Gasteiger partial charge < -0.3 is 10.0 Å². The minimum Gasteiger partial charge on any atom is -0.481 e. The van der Waals surface area contributed by atoms with Crippen molar-refractivity contribution in [2.45, 2.75) is 12.6 Å². The van der Waals surface area contributed by atoms with Crippen LogP contribution in [0.25, 0.3) is 6.08 Å². The van der Waals surface area contributed by atoms with Crippen molar-refractivity contribution in [3.8, 4) is 0 Å². The molecule has 0 saturated carbocycles. The molecule has 1 heterocycles. The average Bonchev–Trinajstić information content (AvgIpc) is 2.95. The number of likely N-dealkylation sites (tertiary alicyclic amines) is 1. The summed E-state index contributed by atoms with van der Waals surface area (Å²) in [6.45, 7) is 0.418. The van der Waals surface area contributed by atoms with E-state index in [1.807, 2.05) is 0 Å². The summed E-state index contributed by atoms with van der Waals surface area (Å²) in [6, 6.07) is 3.34. The first-order valence-corrected chi connectivity index (χ1v) is 7.13. The minimum absolute atomic E-state index is 0.104. The Bertz CT molecular complexity index is 658. The molecule has 1 unspecified atom stereocenters. The largest absolute Gasteiger partial charge is 0.481 e.